The third-order valence-corrected chi connectivity index (χ3v) is 5.19. The number of nitrogens with one attached hydrogen (secondary N) is 2. The minimum absolute atomic E-state index is 0.0799. The van der Waals surface area contributed by atoms with Gasteiger partial charge in [0.1, 0.15) is 11.5 Å². The van der Waals surface area contributed by atoms with Gasteiger partial charge < -0.3 is 24.1 Å². The number of hydrogen-bond acceptors (Lipinski definition) is 9. The Hall–Kier alpha value is -5.39. The molecular formula is C27H24N2O10. The molecule has 3 aromatic carbocycles. The highest BCUT2D eigenvalue weighted by Crippen LogP contribution is 2.18. The van der Waals surface area contributed by atoms with Crippen LogP contribution in [0, 0.1) is 0 Å². The molecule has 0 aliphatic carbocycles. The van der Waals surface area contributed by atoms with Gasteiger partial charge in [-0.25, -0.2) is 14.4 Å². The highest BCUT2D eigenvalue weighted by molar-refractivity contribution is 5.99. The van der Waals surface area contributed by atoms with Gasteiger partial charge in [-0.05, 0) is 48.5 Å². The van der Waals surface area contributed by atoms with Gasteiger partial charge >= 0.3 is 17.9 Å². The summed E-state index contributed by atoms with van der Waals surface area (Å²) in [6.45, 7) is 0. The van der Waals surface area contributed by atoms with Crippen molar-refractivity contribution in [2.75, 3.05) is 14.2 Å². The SMILES string of the molecule is COc1cccc(C(=O)O[C@H](C(=O)O)[C@@H](OC(=O)c2cccc(OC)c2)C(=O)NNC(=O)c2ccccc2)c1. The van der Waals surface area contributed by atoms with E-state index in [4.69, 9.17) is 18.9 Å². The lowest BCUT2D eigenvalue weighted by atomic mass is 10.1. The summed E-state index contributed by atoms with van der Waals surface area (Å²) >= 11 is 0. The molecule has 2 atom stereocenters. The van der Waals surface area contributed by atoms with E-state index in [9.17, 15) is 29.1 Å². The normalized spacial score (nSPS) is 11.7. The number of hydrogen-bond donors (Lipinski definition) is 3. The fourth-order valence-electron chi connectivity index (χ4n) is 3.21. The highest BCUT2D eigenvalue weighted by Gasteiger charge is 2.41. The largest absolute Gasteiger partial charge is 0.497 e. The molecule has 0 bridgehead atoms. The van der Waals surface area contributed by atoms with Crippen molar-refractivity contribution in [3.05, 3.63) is 95.6 Å². The van der Waals surface area contributed by atoms with Crippen molar-refractivity contribution < 1.29 is 48.0 Å². The average Bonchev–Trinajstić information content (AvgIpc) is 2.97. The summed E-state index contributed by atoms with van der Waals surface area (Å²) in [4.78, 5) is 63.1. The first kappa shape index (κ1) is 28.2. The van der Waals surface area contributed by atoms with Crippen molar-refractivity contribution in [3.63, 3.8) is 0 Å². The fraction of sp³-hybridized carbons (Fsp3) is 0.148. The molecule has 0 heterocycles. The van der Waals surface area contributed by atoms with Crippen LogP contribution in [0.4, 0.5) is 0 Å². The third-order valence-electron chi connectivity index (χ3n) is 5.19. The lowest BCUT2D eigenvalue weighted by Crippen LogP contribution is -2.54. The molecule has 0 aromatic heterocycles. The number of carboxylic acid groups (broad SMARTS) is 1. The Labute approximate surface area is 222 Å². The first-order valence-corrected chi connectivity index (χ1v) is 11.3. The monoisotopic (exact) mass is 536 g/mol. The van der Waals surface area contributed by atoms with E-state index in [1.54, 1.807) is 30.3 Å². The molecule has 0 unspecified atom stereocenters. The van der Waals surface area contributed by atoms with Gasteiger partial charge in [0.2, 0.25) is 12.2 Å². The molecule has 39 heavy (non-hydrogen) atoms. The molecule has 0 saturated heterocycles. The standard InChI is InChI=1S/C27H24N2O10/c1-36-19-12-6-10-17(14-19)26(34)38-21(24(31)29-28-23(30)16-8-4-3-5-9-16)22(25(32)33)39-27(35)18-11-7-13-20(15-18)37-2/h3-15,21-22H,1-2H3,(H,28,30)(H,29,31)(H,32,33)/t21-,22+/m1/s1. The van der Waals surface area contributed by atoms with Crippen molar-refractivity contribution in [2.24, 2.45) is 0 Å². The zero-order valence-electron chi connectivity index (χ0n) is 20.8. The van der Waals surface area contributed by atoms with E-state index >= 15 is 0 Å². The van der Waals surface area contributed by atoms with Crippen LogP contribution in [0.5, 0.6) is 11.5 Å². The van der Waals surface area contributed by atoms with E-state index in [0.717, 1.165) is 0 Å². The Balaban J connectivity index is 1.87. The predicted molar refractivity (Wildman–Crippen MR) is 134 cm³/mol. The summed E-state index contributed by atoms with van der Waals surface area (Å²) in [7, 11) is 2.74. The molecule has 202 valence electrons. The summed E-state index contributed by atoms with van der Waals surface area (Å²) in [6.07, 6.45) is -4.52. The summed E-state index contributed by atoms with van der Waals surface area (Å²) in [5.41, 5.74) is 4.13. The van der Waals surface area contributed by atoms with Crippen molar-refractivity contribution in [1.82, 2.24) is 10.9 Å². The fourth-order valence-corrected chi connectivity index (χ4v) is 3.21. The second kappa shape index (κ2) is 13.2. The number of methoxy groups -OCH3 is 2. The summed E-state index contributed by atoms with van der Waals surface area (Å²) < 4.78 is 20.4. The second-order valence-electron chi connectivity index (χ2n) is 7.76. The van der Waals surface area contributed by atoms with Crippen LogP contribution < -0.4 is 20.3 Å². The minimum atomic E-state index is -2.30. The van der Waals surface area contributed by atoms with E-state index in [2.05, 4.69) is 5.43 Å². The average molecular weight is 536 g/mol. The number of esters is 2. The molecule has 0 aliphatic rings. The van der Waals surface area contributed by atoms with Crippen LogP contribution in [0.1, 0.15) is 31.1 Å². The summed E-state index contributed by atoms with van der Waals surface area (Å²) in [5, 5.41) is 9.83. The van der Waals surface area contributed by atoms with E-state index in [-0.39, 0.29) is 16.7 Å². The third kappa shape index (κ3) is 7.55. The predicted octanol–water partition coefficient (Wildman–Crippen LogP) is 2.00. The van der Waals surface area contributed by atoms with Gasteiger partial charge in [-0.3, -0.25) is 20.4 Å². The van der Waals surface area contributed by atoms with Crippen LogP contribution in [-0.2, 0) is 19.1 Å². The molecule has 0 aliphatic heterocycles. The molecule has 3 N–H and O–H groups in total. The summed E-state index contributed by atoms with van der Waals surface area (Å²) in [5.74, 6) is -5.47. The molecule has 3 rings (SSSR count). The Morgan fingerprint density at radius 1 is 0.641 bits per heavy atom. The van der Waals surface area contributed by atoms with Gasteiger partial charge in [0.25, 0.3) is 11.8 Å². The zero-order chi connectivity index (χ0) is 28.4. The van der Waals surface area contributed by atoms with Crippen LogP contribution in [0.25, 0.3) is 0 Å². The van der Waals surface area contributed by atoms with Gasteiger partial charge in [0.05, 0.1) is 25.3 Å². The number of hydrazine groups is 1. The Bertz CT molecular complexity index is 1360. The van der Waals surface area contributed by atoms with Gasteiger partial charge in [0.15, 0.2) is 0 Å². The van der Waals surface area contributed by atoms with Gasteiger partial charge in [-0.2, -0.15) is 0 Å². The number of rotatable bonds is 10. The van der Waals surface area contributed by atoms with Crippen molar-refractivity contribution >= 4 is 29.7 Å². The zero-order valence-corrected chi connectivity index (χ0v) is 20.8. The first-order valence-electron chi connectivity index (χ1n) is 11.3. The van der Waals surface area contributed by atoms with Crippen molar-refractivity contribution in [3.8, 4) is 11.5 Å². The highest BCUT2D eigenvalue weighted by atomic mass is 16.6. The molecule has 0 radical (unpaired) electrons. The molecule has 0 spiro atoms. The van der Waals surface area contributed by atoms with E-state index < -0.39 is 41.9 Å². The Morgan fingerprint density at radius 2 is 1.13 bits per heavy atom. The number of amides is 2. The summed E-state index contributed by atoms with van der Waals surface area (Å²) in [6, 6.07) is 19.1. The van der Waals surface area contributed by atoms with Crippen LogP contribution in [0.15, 0.2) is 78.9 Å². The number of aliphatic carboxylic acids is 1. The quantitative estimate of drug-likeness (QED) is 0.258. The number of carbonyl (C=O) groups excluding carboxylic acids is 4. The maximum atomic E-state index is 13.0. The van der Waals surface area contributed by atoms with Crippen LogP contribution in [0.3, 0.4) is 0 Å². The second-order valence-corrected chi connectivity index (χ2v) is 7.76. The number of carboxylic acids is 1. The molecule has 2 amide bonds. The Morgan fingerprint density at radius 3 is 1.62 bits per heavy atom. The molecule has 3 aromatic rings. The molecule has 0 fully saturated rings. The van der Waals surface area contributed by atoms with E-state index in [0.29, 0.717) is 11.5 Å². The van der Waals surface area contributed by atoms with Crippen molar-refractivity contribution in [2.45, 2.75) is 12.2 Å². The van der Waals surface area contributed by atoms with Crippen LogP contribution in [-0.4, -0.2) is 61.3 Å². The minimum Gasteiger partial charge on any atom is -0.497 e. The molecule has 12 heteroatoms. The molecule has 0 saturated carbocycles. The van der Waals surface area contributed by atoms with Crippen molar-refractivity contribution in [1.29, 1.82) is 0 Å². The smallest absolute Gasteiger partial charge is 0.349 e. The molecule has 12 nitrogen and oxygen atoms in total. The first-order chi connectivity index (χ1) is 18.7. The lowest BCUT2D eigenvalue weighted by molar-refractivity contribution is -0.159. The van der Waals surface area contributed by atoms with E-state index in [1.165, 1.54) is 62.8 Å². The number of carbonyl (C=O) groups is 5. The van der Waals surface area contributed by atoms with Gasteiger partial charge in [-0.15, -0.1) is 0 Å². The Kier molecular flexibility index (Phi) is 9.57. The van der Waals surface area contributed by atoms with Gasteiger partial charge in [-0.1, -0.05) is 30.3 Å². The van der Waals surface area contributed by atoms with Gasteiger partial charge in [0, 0.05) is 5.56 Å². The lowest BCUT2D eigenvalue weighted by Gasteiger charge is -2.23. The topological polar surface area (TPSA) is 167 Å². The van der Waals surface area contributed by atoms with Crippen LogP contribution in [0.2, 0.25) is 0 Å². The van der Waals surface area contributed by atoms with E-state index in [1.807, 2.05) is 5.43 Å². The number of ether oxygens (including phenoxy) is 4. The maximum Gasteiger partial charge on any atom is 0.349 e. The number of benzene rings is 3. The molecular weight excluding hydrogens is 512 g/mol. The van der Waals surface area contributed by atoms with Crippen LogP contribution >= 0.6 is 0 Å². The maximum absolute atomic E-state index is 13.0.